The smallest absolute Gasteiger partial charge is 0.338 e. The Morgan fingerprint density at radius 3 is 2.70 bits per heavy atom. The molecule has 40 heavy (non-hydrogen) atoms. The molecule has 2 aromatic heterocycles. The van der Waals surface area contributed by atoms with Gasteiger partial charge in [0.1, 0.15) is 17.6 Å². The fourth-order valence-corrected chi connectivity index (χ4v) is 6.32. The highest BCUT2D eigenvalue weighted by molar-refractivity contribution is 14.1. The Morgan fingerprint density at radius 2 is 2.00 bits per heavy atom. The Labute approximate surface area is 255 Å². The van der Waals surface area contributed by atoms with Crippen molar-refractivity contribution in [2.45, 2.75) is 19.9 Å². The SMILES string of the molecule is CCOC(=O)C1=C(C)N=c2s/c(=C\c3cc(I)c(O)c(OC)c3)c(=O)n2[C@H]1c1ccc(-c2ccc(Cl)c(Cl)c2)o1. The van der Waals surface area contributed by atoms with Crippen LogP contribution in [0.4, 0.5) is 0 Å². The molecule has 0 spiro atoms. The van der Waals surface area contributed by atoms with Gasteiger partial charge in [-0.25, -0.2) is 9.79 Å². The number of allylic oxidation sites excluding steroid dienone is 1. The van der Waals surface area contributed by atoms with Crippen molar-refractivity contribution in [2.24, 2.45) is 4.99 Å². The number of aromatic nitrogens is 1. The summed E-state index contributed by atoms with van der Waals surface area (Å²) in [4.78, 5) is 32.0. The maximum atomic E-state index is 13.9. The third kappa shape index (κ3) is 5.20. The summed E-state index contributed by atoms with van der Waals surface area (Å²) in [5.74, 6) is 0.557. The van der Waals surface area contributed by atoms with Crippen LogP contribution in [0.25, 0.3) is 17.4 Å². The van der Waals surface area contributed by atoms with Crippen LogP contribution < -0.4 is 19.6 Å². The monoisotopic (exact) mass is 710 g/mol. The Morgan fingerprint density at radius 1 is 1.23 bits per heavy atom. The Balaban J connectivity index is 1.69. The third-order valence-electron chi connectivity index (χ3n) is 6.19. The van der Waals surface area contributed by atoms with Crippen LogP contribution in [0.1, 0.15) is 31.2 Å². The first-order valence-corrected chi connectivity index (χ1v) is 14.6. The number of hydrogen-bond acceptors (Lipinski definition) is 8. The lowest BCUT2D eigenvalue weighted by Crippen LogP contribution is -2.39. The highest BCUT2D eigenvalue weighted by Crippen LogP contribution is 2.36. The van der Waals surface area contributed by atoms with Crippen molar-refractivity contribution < 1.29 is 23.8 Å². The number of carbonyl (C=O) groups excluding carboxylic acids is 1. The van der Waals surface area contributed by atoms with Gasteiger partial charge in [-0.3, -0.25) is 9.36 Å². The van der Waals surface area contributed by atoms with Gasteiger partial charge in [-0.2, -0.15) is 0 Å². The Hall–Kier alpha value is -3.06. The van der Waals surface area contributed by atoms with Gasteiger partial charge in [-0.05, 0) is 90.5 Å². The molecule has 0 amide bonds. The summed E-state index contributed by atoms with van der Waals surface area (Å²) in [6, 6.07) is 11.0. The molecule has 0 radical (unpaired) electrons. The van der Waals surface area contributed by atoms with Crippen molar-refractivity contribution in [3.8, 4) is 22.8 Å². The van der Waals surface area contributed by atoms with E-state index in [4.69, 9.17) is 37.1 Å². The zero-order valence-electron chi connectivity index (χ0n) is 21.3. The lowest BCUT2D eigenvalue weighted by molar-refractivity contribution is -0.139. The number of ether oxygens (including phenoxy) is 2. The van der Waals surface area contributed by atoms with Gasteiger partial charge < -0.3 is 19.0 Å². The second kappa shape index (κ2) is 11.4. The maximum absolute atomic E-state index is 13.9. The molecule has 1 N–H and O–H groups in total. The minimum absolute atomic E-state index is 0.0204. The molecular formula is C28H21Cl2IN2O6S. The zero-order valence-corrected chi connectivity index (χ0v) is 25.8. The molecule has 12 heteroatoms. The quantitative estimate of drug-likeness (QED) is 0.204. The van der Waals surface area contributed by atoms with E-state index in [1.54, 1.807) is 62.4 Å². The largest absolute Gasteiger partial charge is 0.504 e. The number of phenolic OH excluding ortho intramolecular Hbond substituents is 1. The third-order valence-corrected chi connectivity index (χ3v) is 8.73. The van der Waals surface area contributed by atoms with Gasteiger partial charge in [0, 0.05) is 5.56 Å². The van der Waals surface area contributed by atoms with Gasteiger partial charge in [0.15, 0.2) is 16.3 Å². The van der Waals surface area contributed by atoms with E-state index in [9.17, 15) is 14.7 Å². The maximum Gasteiger partial charge on any atom is 0.338 e. The number of hydrogen-bond donors (Lipinski definition) is 1. The molecule has 5 rings (SSSR count). The molecule has 0 bridgehead atoms. The van der Waals surface area contributed by atoms with Gasteiger partial charge in [-0.1, -0.05) is 34.5 Å². The van der Waals surface area contributed by atoms with Crippen LogP contribution >= 0.6 is 57.1 Å². The first kappa shape index (κ1) is 28.5. The van der Waals surface area contributed by atoms with E-state index in [-0.39, 0.29) is 29.2 Å². The summed E-state index contributed by atoms with van der Waals surface area (Å²) in [5.41, 5.74) is 1.60. The fourth-order valence-electron chi connectivity index (χ4n) is 4.35. The normalized spacial score (nSPS) is 15.2. The number of benzene rings is 2. The van der Waals surface area contributed by atoms with Crippen molar-refractivity contribution >= 4 is 69.2 Å². The molecule has 0 saturated carbocycles. The van der Waals surface area contributed by atoms with Gasteiger partial charge in [0.2, 0.25) is 0 Å². The number of aromatic hydroxyl groups is 1. The van der Waals surface area contributed by atoms with Crippen molar-refractivity contribution in [3.63, 3.8) is 0 Å². The number of esters is 1. The second-order valence-electron chi connectivity index (χ2n) is 8.69. The molecule has 0 aliphatic carbocycles. The second-order valence-corrected chi connectivity index (χ2v) is 11.7. The number of phenols is 1. The summed E-state index contributed by atoms with van der Waals surface area (Å²) in [5, 5.41) is 11.0. The molecule has 1 atom stereocenters. The van der Waals surface area contributed by atoms with Crippen LogP contribution in [-0.4, -0.2) is 29.4 Å². The van der Waals surface area contributed by atoms with E-state index in [0.717, 1.165) is 0 Å². The van der Waals surface area contributed by atoms with Crippen LogP contribution in [0.15, 0.2) is 67.9 Å². The Bertz CT molecular complexity index is 1870. The highest BCUT2D eigenvalue weighted by Gasteiger charge is 2.35. The molecule has 4 aromatic rings. The van der Waals surface area contributed by atoms with Gasteiger partial charge in [0.25, 0.3) is 5.56 Å². The van der Waals surface area contributed by atoms with E-state index < -0.39 is 12.0 Å². The molecule has 1 aliphatic heterocycles. The summed E-state index contributed by atoms with van der Waals surface area (Å²) in [6.45, 7) is 3.56. The van der Waals surface area contributed by atoms with Crippen molar-refractivity contribution in [2.75, 3.05) is 13.7 Å². The topological polar surface area (TPSA) is 103 Å². The molecule has 0 fully saturated rings. The molecule has 2 aromatic carbocycles. The minimum atomic E-state index is -0.913. The highest BCUT2D eigenvalue weighted by atomic mass is 127. The number of carbonyl (C=O) groups is 1. The summed E-state index contributed by atoms with van der Waals surface area (Å²) in [7, 11) is 1.46. The van der Waals surface area contributed by atoms with Gasteiger partial charge in [0.05, 0.1) is 43.1 Å². The van der Waals surface area contributed by atoms with Gasteiger partial charge >= 0.3 is 5.97 Å². The Kier molecular flexibility index (Phi) is 8.14. The van der Waals surface area contributed by atoms with Crippen molar-refractivity contribution in [1.82, 2.24) is 4.57 Å². The first-order chi connectivity index (χ1) is 19.1. The number of halogens is 3. The average Bonchev–Trinajstić information content (AvgIpc) is 3.52. The predicted octanol–water partition coefficient (Wildman–Crippen LogP) is 5.68. The van der Waals surface area contributed by atoms with E-state index >= 15 is 0 Å². The lowest BCUT2D eigenvalue weighted by Gasteiger charge is -2.22. The number of nitrogens with zero attached hydrogens (tertiary/aromatic N) is 2. The number of rotatable bonds is 6. The molecule has 8 nitrogen and oxygen atoms in total. The van der Waals surface area contributed by atoms with E-state index in [2.05, 4.69) is 4.99 Å². The van der Waals surface area contributed by atoms with Crippen LogP contribution in [0.2, 0.25) is 10.0 Å². The molecule has 0 unspecified atom stereocenters. The average molecular weight is 711 g/mol. The van der Waals surface area contributed by atoms with Gasteiger partial charge in [-0.15, -0.1) is 0 Å². The van der Waals surface area contributed by atoms with E-state index in [1.165, 1.54) is 23.0 Å². The minimum Gasteiger partial charge on any atom is -0.504 e. The van der Waals surface area contributed by atoms with Crippen LogP contribution in [-0.2, 0) is 9.53 Å². The molecular weight excluding hydrogens is 690 g/mol. The number of methoxy groups -OCH3 is 1. The summed E-state index contributed by atoms with van der Waals surface area (Å²) in [6.07, 6.45) is 1.69. The standard InChI is InChI=1S/C28H21Cl2IN2O6S/c1-4-38-27(36)23-13(2)32-28-33(24(23)20-8-7-19(39-20)15-5-6-16(29)17(30)12-15)26(35)22(40-28)11-14-9-18(31)25(34)21(10-14)37-3/h5-12,24,34H,4H2,1-3H3/b22-11-/t24-/m0/s1. The predicted molar refractivity (Wildman–Crippen MR) is 162 cm³/mol. The fraction of sp³-hybridized carbons (Fsp3) is 0.179. The van der Waals surface area contributed by atoms with E-state index in [1.807, 2.05) is 22.6 Å². The number of furan rings is 1. The zero-order chi connectivity index (χ0) is 28.7. The lowest BCUT2D eigenvalue weighted by atomic mass is 10.0. The molecule has 3 heterocycles. The summed E-state index contributed by atoms with van der Waals surface area (Å²) < 4.78 is 19.2. The molecule has 1 aliphatic rings. The molecule has 206 valence electrons. The van der Waals surface area contributed by atoms with Crippen LogP contribution in [0.5, 0.6) is 11.5 Å². The summed E-state index contributed by atoms with van der Waals surface area (Å²) >= 11 is 15.5. The van der Waals surface area contributed by atoms with Crippen molar-refractivity contribution in [3.05, 3.63) is 98.4 Å². The van der Waals surface area contributed by atoms with E-state index in [0.29, 0.717) is 51.3 Å². The number of fused-ring (bicyclic) bond motifs is 1. The van der Waals surface area contributed by atoms with Crippen molar-refractivity contribution in [1.29, 1.82) is 0 Å². The molecule has 0 saturated heterocycles. The van der Waals surface area contributed by atoms with Crippen LogP contribution in [0.3, 0.4) is 0 Å². The first-order valence-electron chi connectivity index (χ1n) is 11.9. The number of thiazole rings is 1. The van der Waals surface area contributed by atoms with Crippen LogP contribution in [0, 0.1) is 3.57 Å².